The zero-order valence-corrected chi connectivity index (χ0v) is 14.3. The number of carbonyl (C=O) groups excluding carboxylic acids is 1. The molecule has 1 aliphatic heterocycles. The predicted octanol–water partition coefficient (Wildman–Crippen LogP) is 1.27. The third-order valence-electron chi connectivity index (χ3n) is 4.20. The van der Waals surface area contributed by atoms with Gasteiger partial charge in [-0.2, -0.15) is 17.4 Å². The minimum atomic E-state index is -3.77. The molecule has 1 aliphatic rings. The highest BCUT2D eigenvalue weighted by atomic mass is 32.2. The zero-order chi connectivity index (χ0) is 17.2. The second-order valence-electron chi connectivity index (χ2n) is 5.51. The van der Waals surface area contributed by atoms with Gasteiger partial charge in [0.05, 0.1) is 0 Å². The molecule has 1 aromatic carbocycles. The molecule has 1 fully saturated rings. The van der Waals surface area contributed by atoms with E-state index in [1.54, 1.807) is 4.90 Å². The van der Waals surface area contributed by atoms with Gasteiger partial charge in [-0.1, -0.05) is 12.1 Å². The summed E-state index contributed by atoms with van der Waals surface area (Å²) < 4.78 is 41.3. The number of hydrogen-bond acceptors (Lipinski definition) is 3. The standard InChI is InChI=1S/C15H22FN3O3S/c1-4-19(5-2)15(20)14-10-13(17-23(21,22)18(14)3)11-6-8-12(16)9-7-11/h6-9,13-14,17H,4-5,10H2,1-3H3/t13-,14-/m1/s1. The summed E-state index contributed by atoms with van der Waals surface area (Å²) in [5.41, 5.74) is 0.639. The molecule has 1 amide bonds. The summed E-state index contributed by atoms with van der Waals surface area (Å²) >= 11 is 0. The van der Waals surface area contributed by atoms with Crippen LogP contribution in [0.2, 0.25) is 0 Å². The molecular weight excluding hydrogens is 321 g/mol. The minimum Gasteiger partial charge on any atom is -0.342 e. The monoisotopic (exact) mass is 343 g/mol. The molecule has 0 saturated carbocycles. The van der Waals surface area contributed by atoms with Crippen LogP contribution in [0.4, 0.5) is 4.39 Å². The van der Waals surface area contributed by atoms with Crippen LogP contribution in [0.15, 0.2) is 24.3 Å². The van der Waals surface area contributed by atoms with Gasteiger partial charge in [0, 0.05) is 26.2 Å². The molecule has 0 unspecified atom stereocenters. The number of carbonyl (C=O) groups is 1. The molecule has 2 atom stereocenters. The summed E-state index contributed by atoms with van der Waals surface area (Å²) in [5.74, 6) is -0.602. The van der Waals surface area contributed by atoms with E-state index in [0.717, 1.165) is 4.31 Å². The second-order valence-corrected chi connectivity index (χ2v) is 7.27. The molecule has 1 heterocycles. The highest BCUT2D eigenvalue weighted by Gasteiger charge is 2.41. The van der Waals surface area contributed by atoms with E-state index in [2.05, 4.69) is 4.72 Å². The highest BCUT2D eigenvalue weighted by Crippen LogP contribution is 2.28. The van der Waals surface area contributed by atoms with E-state index in [9.17, 15) is 17.6 Å². The molecule has 0 aromatic heterocycles. The van der Waals surface area contributed by atoms with Crippen LogP contribution < -0.4 is 4.72 Å². The molecule has 0 radical (unpaired) electrons. The fourth-order valence-electron chi connectivity index (χ4n) is 2.75. The summed E-state index contributed by atoms with van der Waals surface area (Å²) in [4.78, 5) is 14.2. The first-order valence-corrected chi connectivity index (χ1v) is 9.03. The van der Waals surface area contributed by atoms with Crippen molar-refractivity contribution in [3.63, 3.8) is 0 Å². The Morgan fingerprint density at radius 2 is 1.87 bits per heavy atom. The van der Waals surface area contributed by atoms with Crippen molar-refractivity contribution in [3.8, 4) is 0 Å². The fraction of sp³-hybridized carbons (Fsp3) is 0.533. The smallest absolute Gasteiger partial charge is 0.280 e. The van der Waals surface area contributed by atoms with Gasteiger partial charge in [-0.05, 0) is 38.0 Å². The molecule has 1 saturated heterocycles. The minimum absolute atomic E-state index is 0.213. The number of nitrogens with one attached hydrogen (secondary N) is 1. The van der Waals surface area contributed by atoms with Crippen molar-refractivity contribution < 1.29 is 17.6 Å². The van der Waals surface area contributed by atoms with Crippen molar-refractivity contribution >= 4 is 16.1 Å². The first-order valence-electron chi connectivity index (χ1n) is 7.59. The molecule has 6 nitrogen and oxygen atoms in total. The predicted molar refractivity (Wildman–Crippen MR) is 85.3 cm³/mol. The van der Waals surface area contributed by atoms with E-state index in [-0.39, 0.29) is 11.7 Å². The zero-order valence-electron chi connectivity index (χ0n) is 13.5. The summed E-state index contributed by atoms with van der Waals surface area (Å²) in [7, 11) is -2.37. The van der Waals surface area contributed by atoms with Gasteiger partial charge in [0.25, 0.3) is 10.2 Å². The average Bonchev–Trinajstić information content (AvgIpc) is 2.51. The number of benzene rings is 1. The molecule has 8 heteroatoms. The molecule has 2 rings (SSSR count). The van der Waals surface area contributed by atoms with Crippen LogP contribution in [-0.2, 0) is 15.0 Å². The lowest BCUT2D eigenvalue weighted by molar-refractivity contribution is -0.135. The largest absolute Gasteiger partial charge is 0.342 e. The number of amides is 1. The van der Waals surface area contributed by atoms with Crippen molar-refractivity contribution in [2.24, 2.45) is 0 Å². The summed E-state index contributed by atoms with van der Waals surface area (Å²) in [5, 5.41) is 0. The molecule has 0 spiro atoms. The maximum atomic E-state index is 13.1. The molecule has 0 bridgehead atoms. The molecule has 128 valence electrons. The topological polar surface area (TPSA) is 69.7 Å². The van der Waals surface area contributed by atoms with Gasteiger partial charge >= 0.3 is 0 Å². The lowest BCUT2D eigenvalue weighted by atomic mass is 9.99. The first kappa shape index (κ1) is 17.8. The van der Waals surface area contributed by atoms with E-state index in [1.165, 1.54) is 31.3 Å². The van der Waals surface area contributed by atoms with Crippen molar-refractivity contribution in [3.05, 3.63) is 35.6 Å². The van der Waals surface area contributed by atoms with Crippen molar-refractivity contribution in [2.45, 2.75) is 32.4 Å². The maximum absolute atomic E-state index is 13.1. The van der Waals surface area contributed by atoms with Crippen LogP contribution in [0.3, 0.4) is 0 Å². The molecular formula is C15H22FN3O3S. The summed E-state index contributed by atoms with van der Waals surface area (Å²) in [6.45, 7) is 4.76. The second kappa shape index (κ2) is 6.94. The van der Waals surface area contributed by atoms with Gasteiger partial charge in [0.15, 0.2) is 0 Å². The van der Waals surface area contributed by atoms with Crippen molar-refractivity contribution in [1.29, 1.82) is 0 Å². The van der Waals surface area contributed by atoms with E-state index in [0.29, 0.717) is 25.1 Å². The Bertz CT molecular complexity index is 659. The Labute approximate surface area is 136 Å². The number of nitrogens with zero attached hydrogens (tertiary/aromatic N) is 2. The Hall–Kier alpha value is -1.51. The normalized spacial score (nSPS) is 24.3. The van der Waals surface area contributed by atoms with Crippen LogP contribution in [0, 0.1) is 5.82 Å². The maximum Gasteiger partial charge on any atom is 0.280 e. The molecule has 1 aromatic rings. The quantitative estimate of drug-likeness (QED) is 0.895. The van der Waals surface area contributed by atoms with E-state index in [1.807, 2.05) is 13.8 Å². The van der Waals surface area contributed by atoms with Gasteiger partial charge in [0.2, 0.25) is 5.91 Å². The van der Waals surface area contributed by atoms with Crippen LogP contribution in [0.1, 0.15) is 31.9 Å². The third kappa shape index (κ3) is 3.70. The summed E-state index contributed by atoms with van der Waals surface area (Å²) in [6, 6.07) is 4.31. The van der Waals surface area contributed by atoms with Crippen LogP contribution >= 0.6 is 0 Å². The van der Waals surface area contributed by atoms with Crippen LogP contribution in [-0.4, -0.2) is 49.7 Å². The van der Waals surface area contributed by atoms with Crippen LogP contribution in [0.25, 0.3) is 0 Å². The number of likely N-dealkylation sites (N-methyl/N-ethyl adjacent to an activating group) is 2. The van der Waals surface area contributed by atoms with Crippen molar-refractivity contribution in [1.82, 2.24) is 13.9 Å². The van der Waals surface area contributed by atoms with Gasteiger partial charge in [-0.3, -0.25) is 4.79 Å². The van der Waals surface area contributed by atoms with E-state index >= 15 is 0 Å². The van der Waals surface area contributed by atoms with Crippen molar-refractivity contribution in [2.75, 3.05) is 20.1 Å². The number of halogens is 1. The average molecular weight is 343 g/mol. The van der Waals surface area contributed by atoms with Gasteiger partial charge in [0.1, 0.15) is 11.9 Å². The highest BCUT2D eigenvalue weighted by molar-refractivity contribution is 7.87. The molecule has 0 aliphatic carbocycles. The SMILES string of the molecule is CCN(CC)C(=O)[C@H]1C[C@H](c2ccc(F)cc2)NS(=O)(=O)N1C. The Morgan fingerprint density at radius 3 is 2.39 bits per heavy atom. The Morgan fingerprint density at radius 1 is 1.30 bits per heavy atom. The Balaban J connectivity index is 2.32. The number of rotatable bonds is 4. The lowest BCUT2D eigenvalue weighted by Crippen LogP contribution is -2.57. The van der Waals surface area contributed by atoms with Gasteiger partial charge < -0.3 is 4.90 Å². The van der Waals surface area contributed by atoms with Gasteiger partial charge in [-0.25, -0.2) is 4.39 Å². The third-order valence-corrected chi connectivity index (χ3v) is 5.80. The number of hydrogen-bond donors (Lipinski definition) is 1. The van der Waals surface area contributed by atoms with Gasteiger partial charge in [-0.15, -0.1) is 0 Å². The van der Waals surface area contributed by atoms with E-state index in [4.69, 9.17) is 0 Å². The summed E-state index contributed by atoms with van der Waals surface area (Å²) in [6.07, 6.45) is 0.302. The van der Waals surface area contributed by atoms with E-state index < -0.39 is 22.3 Å². The Kier molecular flexibility index (Phi) is 5.38. The molecule has 23 heavy (non-hydrogen) atoms. The first-order chi connectivity index (χ1) is 10.8. The molecule has 1 N–H and O–H groups in total. The lowest BCUT2D eigenvalue weighted by Gasteiger charge is -2.38. The fourth-order valence-corrected chi connectivity index (χ4v) is 4.02. The van der Waals surface area contributed by atoms with Crippen LogP contribution in [0.5, 0.6) is 0 Å².